The molecule has 0 fully saturated rings. The van der Waals surface area contributed by atoms with Crippen molar-refractivity contribution in [3.8, 4) is 0 Å². The average Bonchev–Trinajstić information content (AvgIpc) is 2.49. The second-order valence-corrected chi connectivity index (χ2v) is 5.29. The number of anilines is 2. The molecule has 0 aliphatic carbocycles. The molecule has 0 radical (unpaired) electrons. The number of carbonyl (C=O) groups is 1. The number of nitrogens with one attached hydrogen (secondary N) is 2. The molecule has 2 N–H and O–H groups in total. The number of aryl methyl sites for hydroxylation is 1. The summed E-state index contributed by atoms with van der Waals surface area (Å²) < 4.78 is 0.895. The molecule has 0 spiro atoms. The SMILES string of the molecule is CCCNc1cnc(C(=O)Nc2ccc(Br)c(C)n2)cn1. The van der Waals surface area contributed by atoms with Gasteiger partial charge in [-0.1, -0.05) is 6.92 Å². The first-order valence-electron chi connectivity index (χ1n) is 6.60. The molecular weight excluding hydrogens is 334 g/mol. The Labute approximate surface area is 131 Å². The van der Waals surface area contributed by atoms with Gasteiger partial charge in [-0.15, -0.1) is 0 Å². The highest BCUT2D eigenvalue weighted by molar-refractivity contribution is 9.10. The molecule has 0 aromatic carbocycles. The van der Waals surface area contributed by atoms with Gasteiger partial charge >= 0.3 is 0 Å². The van der Waals surface area contributed by atoms with E-state index in [1.807, 2.05) is 13.0 Å². The van der Waals surface area contributed by atoms with E-state index in [0.717, 1.165) is 23.1 Å². The lowest BCUT2D eigenvalue weighted by atomic mass is 10.3. The lowest BCUT2D eigenvalue weighted by Gasteiger charge is -2.06. The summed E-state index contributed by atoms with van der Waals surface area (Å²) >= 11 is 3.36. The number of hydrogen-bond donors (Lipinski definition) is 2. The summed E-state index contributed by atoms with van der Waals surface area (Å²) in [6.45, 7) is 4.74. The summed E-state index contributed by atoms with van der Waals surface area (Å²) in [4.78, 5) is 24.5. The zero-order valence-corrected chi connectivity index (χ0v) is 13.4. The van der Waals surface area contributed by atoms with Crippen LogP contribution in [0.3, 0.4) is 0 Å². The zero-order valence-electron chi connectivity index (χ0n) is 11.9. The Balaban J connectivity index is 2.04. The number of hydrogen-bond acceptors (Lipinski definition) is 5. The smallest absolute Gasteiger partial charge is 0.277 e. The van der Waals surface area contributed by atoms with Gasteiger partial charge in [0.05, 0.1) is 18.1 Å². The molecule has 0 bridgehead atoms. The van der Waals surface area contributed by atoms with E-state index in [9.17, 15) is 4.79 Å². The first-order chi connectivity index (χ1) is 10.1. The fourth-order valence-corrected chi connectivity index (χ4v) is 1.80. The predicted molar refractivity (Wildman–Crippen MR) is 85.4 cm³/mol. The molecule has 2 aromatic rings. The van der Waals surface area contributed by atoms with Crippen molar-refractivity contribution in [1.82, 2.24) is 15.0 Å². The summed E-state index contributed by atoms with van der Waals surface area (Å²) in [5, 5.41) is 5.80. The number of aromatic nitrogens is 3. The number of amides is 1. The van der Waals surface area contributed by atoms with Gasteiger partial charge in [-0.05, 0) is 41.4 Å². The quantitative estimate of drug-likeness (QED) is 0.867. The van der Waals surface area contributed by atoms with Crippen molar-refractivity contribution in [1.29, 1.82) is 0 Å². The van der Waals surface area contributed by atoms with E-state index >= 15 is 0 Å². The van der Waals surface area contributed by atoms with Crippen molar-refractivity contribution >= 4 is 33.5 Å². The maximum atomic E-state index is 12.0. The fraction of sp³-hybridized carbons (Fsp3) is 0.286. The molecule has 0 unspecified atom stereocenters. The van der Waals surface area contributed by atoms with Crippen LogP contribution in [0.15, 0.2) is 29.0 Å². The van der Waals surface area contributed by atoms with Crippen LogP contribution in [0.5, 0.6) is 0 Å². The Bertz CT molecular complexity index is 630. The van der Waals surface area contributed by atoms with Crippen LogP contribution < -0.4 is 10.6 Å². The number of carbonyl (C=O) groups excluding carboxylic acids is 1. The molecule has 2 rings (SSSR count). The van der Waals surface area contributed by atoms with Gasteiger partial charge in [-0.25, -0.2) is 15.0 Å². The molecular formula is C14H16BrN5O. The molecule has 0 atom stereocenters. The number of pyridine rings is 1. The minimum Gasteiger partial charge on any atom is -0.369 e. The van der Waals surface area contributed by atoms with Crippen LogP contribution in [-0.4, -0.2) is 27.4 Å². The second kappa shape index (κ2) is 7.12. The van der Waals surface area contributed by atoms with Gasteiger partial charge < -0.3 is 10.6 Å². The van der Waals surface area contributed by atoms with Crippen molar-refractivity contribution in [3.63, 3.8) is 0 Å². The Morgan fingerprint density at radius 2 is 2.05 bits per heavy atom. The standard InChI is InChI=1S/C14H16BrN5O/c1-3-6-16-13-8-17-11(7-18-13)14(21)20-12-5-4-10(15)9(2)19-12/h4-5,7-8H,3,6H2,1-2H3,(H,16,18)(H,19,20,21). The molecule has 6 nitrogen and oxygen atoms in total. The molecule has 1 amide bonds. The van der Waals surface area contributed by atoms with Gasteiger partial charge in [0.15, 0.2) is 0 Å². The molecule has 0 saturated heterocycles. The third kappa shape index (κ3) is 4.22. The number of halogens is 1. The molecule has 2 heterocycles. The first-order valence-corrected chi connectivity index (χ1v) is 7.40. The summed E-state index contributed by atoms with van der Waals surface area (Å²) in [6, 6.07) is 3.56. The molecule has 110 valence electrons. The van der Waals surface area contributed by atoms with E-state index in [-0.39, 0.29) is 11.6 Å². The normalized spacial score (nSPS) is 10.2. The molecule has 0 aliphatic rings. The average molecular weight is 350 g/mol. The highest BCUT2D eigenvalue weighted by Gasteiger charge is 2.09. The summed E-state index contributed by atoms with van der Waals surface area (Å²) in [5.74, 6) is 0.806. The van der Waals surface area contributed by atoms with E-state index in [1.54, 1.807) is 12.3 Å². The fourth-order valence-electron chi connectivity index (χ4n) is 1.58. The van der Waals surface area contributed by atoms with E-state index in [4.69, 9.17) is 0 Å². The Hall–Kier alpha value is -2.02. The van der Waals surface area contributed by atoms with Crippen LogP contribution in [0.25, 0.3) is 0 Å². The van der Waals surface area contributed by atoms with Crippen LogP contribution in [0.1, 0.15) is 29.5 Å². The van der Waals surface area contributed by atoms with E-state index in [1.165, 1.54) is 6.20 Å². The van der Waals surface area contributed by atoms with Gasteiger partial charge in [0.2, 0.25) is 0 Å². The van der Waals surface area contributed by atoms with Crippen molar-refractivity contribution < 1.29 is 4.79 Å². The number of nitrogens with zero attached hydrogens (tertiary/aromatic N) is 3. The molecule has 0 saturated carbocycles. The Morgan fingerprint density at radius 3 is 2.67 bits per heavy atom. The van der Waals surface area contributed by atoms with Crippen molar-refractivity contribution in [2.24, 2.45) is 0 Å². The van der Waals surface area contributed by atoms with Gasteiger partial charge in [0.25, 0.3) is 5.91 Å². The third-order valence-corrected chi connectivity index (χ3v) is 3.54. The lowest BCUT2D eigenvalue weighted by Crippen LogP contribution is -2.15. The Morgan fingerprint density at radius 1 is 1.24 bits per heavy atom. The van der Waals surface area contributed by atoms with Crippen LogP contribution >= 0.6 is 15.9 Å². The largest absolute Gasteiger partial charge is 0.369 e. The van der Waals surface area contributed by atoms with Gasteiger partial charge in [-0.2, -0.15) is 0 Å². The van der Waals surface area contributed by atoms with Crippen LogP contribution in [0, 0.1) is 6.92 Å². The summed E-state index contributed by atoms with van der Waals surface area (Å²) in [7, 11) is 0. The van der Waals surface area contributed by atoms with Gasteiger partial charge in [0.1, 0.15) is 17.3 Å². The third-order valence-electron chi connectivity index (χ3n) is 2.70. The van der Waals surface area contributed by atoms with Crippen LogP contribution in [-0.2, 0) is 0 Å². The maximum absolute atomic E-state index is 12.0. The topological polar surface area (TPSA) is 79.8 Å². The lowest BCUT2D eigenvalue weighted by molar-refractivity contribution is 0.102. The van der Waals surface area contributed by atoms with Gasteiger partial charge in [-0.3, -0.25) is 4.79 Å². The van der Waals surface area contributed by atoms with Crippen molar-refractivity contribution in [3.05, 3.63) is 40.4 Å². The first kappa shape index (κ1) is 15.4. The Kier molecular flexibility index (Phi) is 5.21. The van der Waals surface area contributed by atoms with Crippen LogP contribution in [0.2, 0.25) is 0 Å². The molecule has 0 aliphatic heterocycles. The highest BCUT2D eigenvalue weighted by Crippen LogP contribution is 2.16. The minimum atomic E-state index is -0.334. The summed E-state index contributed by atoms with van der Waals surface area (Å²) in [5.41, 5.74) is 1.05. The summed E-state index contributed by atoms with van der Waals surface area (Å²) in [6.07, 6.45) is 3.99. The van der Waals surface area contributed by atoms with Crippen molar-refractivity contribution in [2.75, 3.05) is 17.2 Å². The van der Waals surface area contributed by atoms with Gasteiger partial charge in [0, 0.05) is 11.0 Å². The highest BCUT2D eigenvalue weighted by atomic mass is 79.9. The van der Waals surface area contributed by atoms with Crippen LogP contribution in [0.4, 0.5) is 11.6 Å². The van der Waals surface area contributed by atoms with E-state index in [0.29, 0.717) is 11.6 Å². The van der Waals surface area contributed by atoms with E-state index < -0.39 is 0 Å². The predicted octanol–water partition coefficient (Wildman–Crippen LogP) is 3.02. The molecule has 2 aromatic heterocycles. The maximum Gasteiger partial charge on any atom is 0.277 e. The molecule has 7 heteroatoms. The molecule has 21 heavy (non-hydrogen) atoms. The minimum absolute atomic E-state index is 0.249. The monoisotopic (exact) mass is 349 g/mol. The zero-order chi connectivity index (χ0) is 15.2. The number of rotatable bonds is 5. The second-order valence-electron chi connectivity index (χ2n) is 4.43. The van der Waals surface area contributed by atoms with Crippen molar-refractivity contribution in [2.45, 2.75) is 20.3 Å². The van der Waals surface area contributed by atoms with E-state index in [2.05, 4.69) is 48.4 Å².